The number of nitrogens with zero attached hydrogens (tertiary/aromatic N) is 3. The molecule has 3 rings (SSSR count). The molecule has 1 aromatic carbocycles. The fraction of sp³-hybridized carbons (Fsp3) is 0.125. The first-order chi connectivity index (χ1) is 11.0. The molecule has 0 radical (unpaired) electrons. The highest BCUT2D eigenvalue weighted by Gasteiger charge is 2.08. The molecule has 0 amide bonds. The Kier molecular flexibility index (Phi) is 4.12. The van der Waals surface area contributed by atoms with Gasteiger partial charge in [-0.15, -0.1) is 0 Å². The van der Waals surface area contributed by atoms with Crippen molar-refractivity contribution in [3.8, 4) is 0 Å². The van der Waals surface area contributed by atoms with E-state index in [9.17, 15) is 8.42 Å². The minimum atomic E-state index is -3.18. The first-order valence-electron chi connectivity index (χ1n) is 7.00. The summed E-state index contributed by atoms with van der Waals surface area (Å²) in [6.45, 7) is 0.602. The van der Waals surface area contributed by atoms with Crippen molar-refractivity contribution in [1.29, 1.82) is 0 Å². The molecule has 0 aliphatic heterocycles. The Morgan fingerprint density at radius 1 is 1.09 bits per heavy atom. The van der Waals surface area contributed by atoms with Gasteiger partial charge in [0.15, 0.2) is 9.84 Å². The van der Waals surface area contributed by atoms with E-state index >= 15 is 0 Å². The van der Waals surface area contributed by atoms with Gasteiger partial charge in [-0.1, -0.05) is 6.07 Å². The Hall–Kier alpha value is -2.67. The summed E-state index contributed by atoms with van der Waals surface area (Å²) < 4.78 is 24.8. The number of sulfone groups is 1. The summed E-state index contributed by atoms with van der Waals surface area (Å²) in [5.41, 5.74) is 1.84. The van der Waals surface area contributed by atoms with Gasteiger partial charge in [0.2, 0.25) is 0 Å². The summed E-state index contributed by atoms with van der Waals surface area (Å²) in [5.74, 6) is 0.820. The van der Waals surface area contributed by atoms with E-state index in [0.717, 1.165) is 17.1 Å². The summed E-state index contributed by atoms with van der Waals surface area (Å²) in [6, 6.07) is 12.4. The van der Waals surface area contributed by atoms with Crippen molar-refractivity contribution in [2.24, 2.45) is 0 Å². The summed E-state index contributed by atoms with van der Waals surface area (Å²) in [7, 11) is -3.18. The Morgan fingerprint density at radius 3 is 2.52 bits per heavy atom. The van der Waals surface area contributed by atoms with Crippen molar-refractivity contribution in [1.82, 2.24) is 14.8 Å². The number of pyridine rings is 1. The lowest BCUT2D eigenvalue weighted by atomic mass is 10.3. The summed E-state index contributed by atoms with van der Waals surface area (Å²) in [6.07, 6.45) is 6.43. The Morgan fingerprint density at radius 2 is 1.87 bits per heavy atom. The molecule has 6 nitrogen and oxygen atoms in total. The number of hydrogen-bond acceptors (Lipinski definition) is 5. The molecule has 0 saturated heterocycles. The minimum absolute atomic E-state index is 0.298. The van der Waals surface area contributed by atoms with Gasteiger partial charge in [-0.3, -0.25) is 4.98 Å². The minimum Gasteiger partial charge on any atom is -0.340 e. The monoisotopic (exact) mass is 328 g/mol. The molecular formula is C16H16N4O2S. The predicted molar refractivity (Wildman–Crippen MR) is 88.4 cm³/mol. The highest BCUT2D eigenvalue weighted by Crippen LogP contribution is 2.19. The third-order valence-corrected chi connectivity index (χ3v) is 4.46. The number of anilines is 2. The van der Waals surface area contributed by atoms with Gasteiger partial charge in [0, 0.05) is 30.4 Å². The summed E-state index contributed by atoms with van der Waals surface area (Å²) in [4.78, 5) is 4.39. The zero-order valence-corrected chi connectivity index (χ0v) is 13.4. The first kappa shape index (κ1) is 15.2. The van der Waals surface area contributed by atoms with Crippen LogP contribution in [0.3, 0.4) is 0 Å². The molecule has 3 aromatic rings. The number of rotatable bonds is 5. The zero-order chi connectivity index (χ0) is 16.3. The van der Waals surface area contributed by atoms with E-state index in [-0.39, 0.29) is 0 Å². The summed E-state index contributed by atoms with van der Waals surface area (Å²) in [5, 5.41) is 7.53. The van der Waals surface area contributed by atoms with Crippen LogP contribution in [0.1, 0.15) is 5.56 Å². The van der Waals surface area contributed by atoms with Crippen LogP contribution in [0.15, 0.2) is 66.0 Å². The van der Waals surface area contributed by atoms with Crippen LogP contribution in [-0.2, 0) is 16.4 Å². The van der Waals surface area contributed by atoms with Crippen molar-refractivity contribution in [3.05, 3.63) is 66.6 Å². The molecule has 2 heterocycles. The molecule has 118 valence electrons. The van der Waals surface area contributed by atoms with Gasteiger partial charge in [0.1, 0.15) is 5.82 Å². The second-order valence-electron chi connectivity index (χ2n) is 5.16. The fourth-order valence-corrected chi connectivity index (χ4v) is 2.79. The van der Waals surface area contributed by atoms with Crippen LogP contribution in [0, 0.1) is 0 Å². The van der Waals surface area contributed by atoms with Gasteiger partial charge in [-0.05, 0) is 35.9 Å². The van der Waals surface area contributed by atoms with Crippen LogP contribution in [0.5, 0.6) is 0 Å². The average molecular weight is 328 g/mol. The maximum atomic E-state index is 11.5. The second-order valence-corrected chi connectivity index (χ2v) is 7.17. The maximum Gasteiger partial charge on any atom is 0.175 e. The normalized spacial score (nSPS) is 11.3. The molecular weight excluding hydrogens is 312 g/mol. The van der Waals surface area contributed by atoms with Gasteiger partial charge < -0.3 is 5.32 Å². The van der Waals surface area contributed by atoms with E-state index in [1.165, 1.54) is 6.26 Å². The van der Waals surface area contributed by atoms with Crippen molar-refractivity contribution >= 4 is 21.3 Å². The van der Waals surface area contributed by atoms with Crippen LogP contribution in [0.25, 0.3) is 0 Å². The third-order valence-electron chi connectivity index (χ3n) is 3.33. The topological polar surface area (TPSA) is 76.9 Å². The molecule has 0 saturated carbocycles. The smallest absolute Gasteiger partial charge is 0.175 e. The van der Waals surface area contributed by atoms with E-state index in [1.54, 1.807) is 42.9 Å². The molecule has 0 unspecified atom stereocenters. The molecule has 0 spiro atoms. The third kappa shape index (κ3) is 3.75. The van der Waals surface area contributed by atoms with E-state index in [2.05, 4.69) is 15.4 Å². The van der Waals surface area contributed by atoms with E-state index in [1.807, 2.05) is 22.9 Å². The number of nitrogens with one attached hydrogen (secondary N) is 1. The quantitative estimate of drug-likeness (QED) is 0.778. The van der Waals surface area contributed by atoms with Crippen molar-refractivity contribution < 1.29 is 8.42 Å². The lowest BCUT2D eigenvalue weighted by Gasteiger charge is -2.10. The predicted octanol–water partition coefficient (Wildman–Crippen LogP) is 2.47. The molecule has 0 bridgehead atoms. The summed E-state index contributed by atoms with van der Waals surface area (Å²) >= 11 is 0. The van der Waals surface area contributed by atoms with Gasteiger partial charge in [0.05, 0.1) is 17.6 Å². The maximum absolute atomic E-state index is 11.5. The van der Waals surface area contributed by atoms with Crippen LogP contribution >= 0.6 is 0 Å². The molecule has 0 aliphatic rings. The standard InChI is InChI=1S/C16H16N4O2S/c1-23(21,22)15-6-4-14(5-7-15)19-16-8-10-18-20(16)12-13-3-2-9-17-11-13/h2-11,19H,12H2,1H3. The van der Waals surface area contributed by atoms with E-state index in [0.29, 0.717) is 11.4 Å². The Labute approximate surface area is 134 Å². The van der Waals surface area contributed by atoms with Crippen molar-refractivity contribution in [2.45, 2.75) is 11.4 Å². The van der Waals surface area contributed by atoms with Crippen LogP contribution in [-0.4, -0.2) is 29.4 Å². The second kappa shape index (κ2) is 6.21. The molecule has 0 fully saturated rings. The Bertz CT molecular complexity index is 887. The van der Waals surface area contributed by atoms with Crippen LogP contribution in [0.2, 0.25) is 0 Å². The lowest BCUT2D eigenvalue weighted by Crippen LogP contribution is -2.06. The zero-order valence-electron chi connectivity index (χ0n) is 12.5. The fourth-order valence-electron chi connectivity index (χ4n) is 2.16. The largest absolute Gasteiger partial charge is 0.340 e. The van der Waals surface area contributed by atoms with E-state index < -0.39 is 9.84 Å². The highest BCUT2D eigenvalue weighted by molar-refractivity contribution is 7.90. The lowest BCUT2D eigenvalue weighted by molar-refractivity contribution is 0.602. The van der Waals surface area contributed by atoms with Gasteiger partial charge in [-0.25, -0.2) is 13.1 Å². The molecule has 1 N–H and O–H groups in total. The van der Waals surface area contributed by atoms with Crippen molar-refractivity contribution in [2.75, 3.05) is 11.6 Å². The molecule has 7 heteroatoms. The molecule has 23 heavy (non-hydrogen) atoms. The highest BCUT2D eigenvalue weighted by atomic mass is 32.2. The number of benzene rings is 1. The number of aromatic nitrogens is 3. The van der Waals surface area contributed by atoms with Gasteiger partial charge in [-0.2, -0.15) is 5.10 Å². The van der Waals surface area contributed by atoms with Crippen LogP contribution < -0.4 is 5.32 Å². The van der Waals surface area contributed by atoms with Gasteiger partial charge >= 0.3 is 0 Å². The Balaban J connectivity index is 1.78. The van der Waals surface area contributed by atoms with E-state index in [4.69, 9.17) is 0 Å². The average Bonchev–Trinajstić information content (AvgIpc) is 2.95. The number of hydrogen-bond donors (Lipinski definition) is 1. The van der Waals surface area contributed by atoms with Crippen LogP contribution in [0.4, 0.5) is 11.5 Å². The first-order valence-corrected chi connectivity index (χ1v) is 8.89. The van der Waals surface area contributed by atoms with Crippen molar-refractivity contribution in [3.63, 3.8) is 0 Å². The molecule has 0 atom stereocenters. The van der Waals surface area contributed by atoms with Gasteiger partial charge in [0.25, 0.3) is 0 Å². The molecule has 2 aromatic heterocycles. The SMILES string of the molecule is CS(=O)(=O)c1ccc(Nc2ccnn2Cc2cccnc2)cc1. The molecule has 0 aliphatic carbocycles.